The predicted molar refractivity (Wildman–Crippen MR) is 66.6 cm³/mol. The van der Waals surface area contributed by atoms with E-state index in [9.17, 15) is 4.79 Å². The maximum Gasteiger partial charge on any atom is 0.305 e. The largest absolute Gasteiger partial charge is 0.481 e. The van der Waals surface area contributed by atoms with E-state index in [1.54, 1.807) is 11.8 Å². The fourth-order valence-electron chi connectivity index (χ4n) is 1.72. The number of hydrogen-bond donors (Lipinski definition) is 2. The number of hydrogen-bond acceptors (Lipinski definition) is 3. The third-order valence-corrected chi connectivity index (χ3v) is 3.91. The van der Waals surface area contributed by atoms with Crippen LogP contribution in [0.25, 0.3) is 0 Å². The molecule has 1 aromatic carbocycles. The molecule has 3 nitrogen and oxygen atoms in total. The Morgan fingerprint density at radius 2 is 2.44 bits per heavy atom. The molecule has 1 aliphatic rings. The number of carboxylic acids is 1. The van der Waals surface area contributed by atoms with E-state index in [-0.39, 0.29) is 12.5 Å². The van der Waals surface area contributed by atoms with Crippen molar-refractivity contribution in [3.05, 3.63) is 22.7 Å². The number of aliphatic carboxylic acids is 1. The number of benzene rings is 1. The van der Waals surface area contributed by atoms with Crippen LogP contribution in [0.5, 0.6) is 0 Å². The normalized spacial score (nSPS) is 18.8. The van der Waals surface area contributed by atoms with Gasteiger partial charge < -0.3 is 10.4 Å². The van der Waals surface area contributed by atoms with Crippen LogP contribution in [-0.2, 0) is 4.79 Å². The Morgan fingerprint density at radius 1 is 1.69 bits per heavy atom. The van der Waals surface area contributed by atoms with Gasteiger partial charge in [-0.15, -0.1) is 11.8 Å². The average molecular weight is 258 g/mol. The first-order chi connectivity index (χ1) is 7.56. The summed E-state index contributed by atoms with van der Waals surface area (Å²) in [7, 11) is 0. The highest BCUT2D eigenvalue weighted by Gasteiger charge is 2.22. The molecule has 0 bridgehead atoms. The second-order valence-corrected chi connectivity index (χ2v) is 5.34. The summed E-state index contributed by atoms with van der Waals surface area (Å²) < 4.78 is 0. The first-order valence-corrected chi connectivity index (χ1v) is 6.34. The quantitative estimate of drug-likeness (QED) is 0.855. The van der Waals surface area contributed by atoms with Gasteiger partial charge in [0.2, 0.25) is 0 Å². The summed E-state index contributed by atoms with van der Waals surface area (Å²) >= 11 is 7.78. The monoisotopic (exact) mass is 257 g/mol. The van der Waals surface area contributed by atoms with Crippen molar-refractivity contribution in [2.75, 3.05) is 11.1 Å². The van der Waals surface area contributed by atoms with Crippen LogP contribution in [0, 0.1) is 6.92 Å². The van der Waals surface area contributed by atoms with E-state index in [1.165, 1.54) is 0 Å². The molecular weight excluding hydrogens is 246 g/mol. The van der Waals surface area contributed by atoms with Crippen molar-refractivity contribution in [1.82, 2.24) is 0 Å². The van der Waals surface area contributed by atoms with Gasteiger partial charge in [-0.05, 0) is 24.6 Å². The Kier molecular flexibility index (Phi) is 3.30. The molecule has 1 atom stereocenters. The lowest BCUT2D eigenvalue weighted by Gasteiger charge is -2.26. The third kappa shape index (κ3) is 2.44. The second-order valence-electron chi connectivity index (χ2n) is 3.87. The maximum absolute atomic E-state index is 10.6. The number of carbonyl (C=O) groups is 1. The van der Waals surface area contributed by atoms with E-state index in [2.05, 4.69) is 11.4 Å². The van der Waals surface area contributed by atoms with E-state index in [0.717, 1.165) is 21.9 Å². The van der Waals surface area contributed by atoms with Crippen molar-refractivity contribution < 1.29 is 9.90 Å². The molecule has 1 aromatic rings. The van der Waals surface area contributed by atoms with Crippen LogP contribution in [0.4, 0.5) is 5.69 Å². The van der Waals surface area contributed by atoms with Gasteiger partial charge in [-0.3, -0.25) is 4.79 Å². The summed E-state index contributed by atoms with van der Waals surface area (Å²) in [6.45, 7) is 2.00. The lowest BCUT2D eigenvalue weighted by molar-refractivity contribution is -0.137. The van der Waals surface area contributed by atoms with Crippen molar-refractivity contribution in [3.63, 3.8) is 0 Å². The lowest BCUT2D eigenvalue weighted by Crippen LogP contribution is -2.28. The maximum atomic E-state index is 10.6. The molecule has 0 aliphatic carbocycles. The van der Waals surface area contributed by atoms with Gasteiger partial charge in [0.05, 0.1) is 17.1 Å². The fourth-order valence-corrected chi connectivity index (χ4v) is 3.27. The highest BCUT2D eigenvalue weighted by Crippen LogP contribution is 2.39. The van der Waals surface area contributed by atoms with Crippen molar-refractivity contribution in [2.45, 2.75) is 24.3 Å². The second kappa shape index (κ2) is 4.55. The number of nitrogens with one attached hydrogen (secondary N) is 1. The molecule has 0 aromatic heterocycles. The zero-order valence-electron chi connectivity index (χ0n) is 8.79. The Hall–Kier alpha value is -0.870. The van der Waals surface area contributed by atoms with Crippen LogP contribution in [0.2, 0.25) is 5.02 Å². The number of aryl methyl sites for hydroxylation is 1. The van der Waals surface area contributed by atoms with E-state index in [0.29, 0.717) is 5.02 Å². The Morgan fingerprint density at radius 3 is 3.12 bits per heavy atom. The smallest absolute Gasteiger partial charge is 0.305 e. The Bertz CT molecular complexity index is 436. The lowest BCUT2D eigenvalue weighted by atomic mass is 10.2. The highest BCUT2D eigenvalue weighted by molar-refractivity contribution is 7.99. The van der Waals surface area contributed by atoms with Gasteiger partial charge in [0.1, 0.15) is 0 Å². The molecule has 0 fully saturated rings. The van der Waals surface area contributed by atoms with Crippen molar-refractivity contribution in [1.29, 1.82) is 0 Å². The standard InChI is InChI=1S/C11H12ClNO2S/c1-6-2-8(12)11-9(3-6)16-5-7(13-11)4-10(14)15/h2-3,7,13H,4-5H2,1H3,(H,14,15). The summed E-state index contributed by atoms with van der Waals surface area (Å²) in [4.78, 5) is 11.7. The molecule has 2 N–H and O–H groups in total. The first-order valence-electron chi connectivity index (χ1n) is 4.97. The molecule has 0 amide bonds. The fraction of sp³-hybridized carbons (Fsp3) is 0.364. The molecule has 0 spiro atoms. The zero-order chi connectivity index (χ0) is 11.7. The van der Waals surface area contributed by atoms with Gasteiger partial charge in [0.15, 0.2) is 0 Å². The van der Waals surface area contributed by atoms with Gasteiger partial charge in [0.25, 0.3) is 0 Å². The molecule has 1 heterocycles. The van der Waals surface area contributed by atoms with E-state index in [1.807, 2.05) is 13.0 Å². The molecule has 0 radical (unpaired) electrons. The number of anilines is 1. The molecule has 86 valence electrons. The van der Waals surface area contributed by atoms with E-state index in [4.69, 9.17) is 16.7 Å². The average Bonchev–Trinajstić information content (AvgIpc) is 2.18. The number of carboxylic acid groups (broad SMARTS) is 1. The first kappa shape index (κ1) is 11.6. The molecular formula is C11H12ClNO2S. The summed E-state index contributed by atoms with van der Waals surface area (Å²) in [6.07, 6.45) is 0.122. The van der Waals surface area contributed by atoms with Crippen LogP contribution >= 0.6 is 23.4 Å². The van der Waals surface area contributed by atoms with Crippen molar-refractivity contribution in [2.24, 2.45) is 0 Å². The van der Waals surface area contributed by atoms with Crippen molar-refractivity contribution in [3.8, 4) is 0 Å². The number of halogens is 1. The molecule has 2 rings (SSSR count). The summed E-state index contributed by atoms with van der Waals surface area (Å²) in [5.41, 5.74) is 1.99. The SMILES string of the molecule is Cc1cc(Cl)c2c(c1)SCC(CC(=O)O)N2. The number of thioether (sulfide) groups is 1. The van der Waals surface area contributed by atoms with Crippen LogP contribution in [0.15, 0.2) is 17.0 Å². The van der Waals surface area contributed by atoms with Crippen LogP contribution in [0.1, 0.15) is 12.0 Å². The van der Waals surface area contributed by atoms with E-state index < -0.39 is 5.97 Å². The summed E-state index contributed by atoms with van der Waals surface area (Å²) in [5.74, 6) is -0.0243. The van der Waals surface area contributed by atoms with Gasteiger partial charge in [-0.25, -0.2) is 0 Å². The van der Waals surface area contributed by atoms with Crippen molar-refractivity contribution >= 4 is 35.0 Å². The number of rotatable bonds is 2. The molecule has 16 heavy (non-hydrogen) atoms. The Balaban J connectivity index is 2.23. The minimum absolute atomic E-state index is 0.0461. The van der Waals surface area contributed by atoms with E-state index >= 15 is 0 Å². The molecule has 1 aliphatic heterocycles. The van der Waals surface area contributed by atoms with Gasteiger partial charge in [0, 0.05) is 16.7 Å². The molecule has 0 saturated heterocycles. The van der Waals surface area contributed by atoms with Crippen LogP contribution in [0.3, 0.4) is 0 Å². The molecule has 0 saturated carbocycles. The summed E-state index contributed by atoms with van der Waals surface area (Å²) in [5, 5.41) is 12.6. The topological polar surface area (TPSA) is 49.3 Å². The highest BCUT2D eigenvalue weighted by atomic mass is 35.5. The minimum atomic E-state index is -0.787. The van der Waals surface area contributed by atoms with Gasteiger partial charge in [-0.2, -0.15) is 0 Å². The molecule has 1 unspecified atom stereocenters. The minimum Gasteiger partial charge on any atom is -0.481 e. The van der Waals surface area contributed by atoms with Crippen LogP contribution < -0.4 is 5.32 Å². The summed E-state index contributed by atoms with van der Waals surface area (Å²) in [6, 6.07) is 3.91. The van der Waals surface area contributed by atoms with Gasteiger partial charge >= 0.3 is 5.97 Å². The van der Waals surface area contributed by atoms with Gasteiger partial charge in [-0.1, -0.05) is 11.6 Å². The number of fused-ring (bicyclic) bond motifs is 1. The zero-order valence-corrected chi connectivity index (χ0v) is 10.4. The predicted octanol–water partition coefficient (Wildman–Crippen LogP) is 3.01. The Labute approximate surface area is 103 Å². The van der Waals surface area contributed by atoms with Crippen LogP contribution in [-0.4, -0.2) is 22.9 Å². The molecule has 5 heteroatoms. The third-order valence-electron chi connectivity index (χ3n) is 2.41.